The van der Waals surface area contributed by atoms with Crippen molar-refractivity contribution in [2.45, 2.75) is 6.42 Å². The molecule has 0 saturated heterocycles. The Bertz CT molecular complexity index is 257. The molecule has 0 radical (unpaired) electrons. The first-order chi connectivity index (χ1) is 5.83. The summed E-state index contributed by atoms with van der Waals surface area (Å²) < 4.78 is 0. The third-order valence-corrected chi connectivity index (χ3v) is 1.27. The minimum atomic E-state index is -0.0639. The fourth-order valence-electron chi connectivity index (χ4n) is 0.811. The molecule has 1 aromatic rings. The molecule has 0 saturated carbocycles. The van der Waals surface area contributed by atoms with Gasteiger partial charge in [0.25, 0.3) is 0 Å². The maximum absolute atomic E-state index is 10.7. The Morgan fingerprint density at radius 2 is 2.25 bits per heavy atom. The number of hydrogen-bond acceptors (Lipinski definition) is 3. The average molecular weight is 170 g/mol. The number of hydrogen-bond donors (Lipinski definition) is 3. The van der Waals surface area contributed by atoms with E-state index in [1.54, 1.807) is 12.3 Å². The summed E-state index contributed by atoms with van der Waals surface area (Å²) in [5.74, 6) is 0. The Balaban J connectivity index is 0.000000561. The first-order valence-electron chi connectivity index (χ1n) is 3.65. The fourth-order valence-corrected chi connectivity index (χ4v) is 0.811. The Hall–Kier alpha value is -1.13. The predicted molar refractivity (Wildman–Crippen MR) is 48.0 cm³/mol. The fraction of sp³-hybridized carbons (Fsp3) is 0.375. The molecule has 0 aromatic carbocycles. The number of rotatable bonds is 2. The van der Waals surface area contributed by atoms with Crippen molar-refractivity contribution in [2.75, 3.05) is 13.7 Å². The summed E-state index contributed by atoms with van der Waals surface area (Å²) in [6.07, 6.45) is 2.40. The molecule has 0 atom stereocenters. The van der Waals surface area contributed by atoms with Gasteiger partial charge in [0, 0.05) is 19.4 Å². The molecule has 0 aliphatic heterocycles. The van der Waals surface area contributed by atoms with Gasteiger partial charge in [-0.2, -0.15) is 0 Å². The van der Waals surface area contributed by atoms with Gasteiger partial charge in [0.05, 0.1) is 0 Å². The van der Waals surface area contributed by atoms with E-state index in [0.717, 1.165) is 19.1 Å². The minimum absolute atomic E-state index is 0.0639. The average Bonchev–Trinajstić information content (AvgIpc) is 2.09. The van der Waals surface area contributed by atoms with E-state index in [2.05, 4.69) is 4.98 Å². The van der Waals surface area contributed by atoms with Crippen molar-refractivity contribution in [1.82, 2.24) is 4.98 Å². The van der Waals surface area contributed by atoms with Crippen LogP contribution in [-0.4, -0.2) is 23.7 Å². The highest BCUT2D eigenvalue weighted by molar-refractivity contribution is 5.09. The summed E-state index contributed by atoms with van der Waals surface area (Å²) >= 11 is 0. The summed E-state index contributed by atoms with van der Waals surface area (Å²) in [5, 5.41) is 7.00. The molecule has 0 bridgehead atoms. The number of pyridine rings is 1. The lowest BCUT2D eigenvalue weighted by Crippen LogP contribution is -2.08. The number of nitrogens with two attached hydrogens (primary N) is 1. The van der Waals surface area contributed by atoms with Gasteiger partial charge in [-0.15, -0.1) is 0 Å². The van der Waals surface area contributed by atoms with Crippen molar-refractivity contribution in [1.29, 1.82) is 0 Å². The maximum Gasteiger partial charge on any atom is 0.248 e. The lowest BCUT2D eigenvalue weighted by molar-refractivity contribution is 0.399. The van der Waals surface area contributed by atoms with Gasteiger partial charge >= 0.3 is 0 Å². The van der Waals surface area contributed by atoms with E-state index in [0.29, 0.717) is 6.54 Å². The maximum atomic E-state index is 10.7. The molecule has 1 aromatic heterocycles. The molecule has 1 heterocycles. The number of nitrogens with one attached hydrogen (secondary N) is 1. The van der Waals surface area contributed by atoms with Crippen LogP contribution in [0.5, 0.6) is 0 Å². The normalized spacial score (nSPS) is 8.58. The predicted octanol–water partition coefficient (Wildman–Crippen LogP) is -0.515. The van der Waals surface area contributed by atoms with E-state index >= 15 is 0 Å². The molecule has 4 nitrogen and oxygen atoms in total. The zero-order valence-corrected chi connectivity index (χ0v) is 7.08. The topological polar surface area (TPSA) is 79.1 Å². The van der Waals surface area contributed by atoms with Gasteiger partial charge in [0.15, 0.2) is 0 Å². The highest BCUT2D eigenvalue weighted by atomic mass is 16.2. The minimum Gasteiger partial charge on any atom is -0.400 e. The lowest BCUT2D eigenvalue weighted by atomic mass is 10.2. The van der Waals surface area contributed by atoms with E-state index in [1.165, 1.54) is 0 Å². The van der Waals surface area contributed by atoms with Crippen molar-refractivity contribution in [3.63, 3.8) is 0 Å². The lowest BCUT2D eigenvalue weighted by Gasteiger charge is -1.93. The van der Waals surface area contributed by atoms with Gasteiger partial charge < -0.3 is 15.8 Å². The summed E-state index contributed by atoms with van der Waals surface area (Å²) in [4.78, 5) is 13.2. The molecule has 68 valence electrons. The van der Waals surface area contributed by atoms with E-state index in [9.17, 15) is 4.79 Å². The number of H-pyrrole nitrogens is 1. The van der Waals surface area contributed by atoms with Crippen molar-refractivity contribution in [3.05, 3.63) is 34.2 Å². The summed E-state index contributed by atoms with van der Waals surface area (Å²) in [7, 11) is 1.00. The van der Waals surface area contributed by atoms with Crippen molar-refractivity contribution in [3.8, 4) is 0 Å². The number of aliphatic hydroxyl groups is 1. The monoisotopic (exact) mass is 170 g/mol. The molecular weight excluding hydrogens is 156 g/mol. The van der Waals surface area contributed by atoms with Gasteiger partial charge in [-0.3, -0.25) is 4.79 Å². The number of aromatic amines is 1. The highest BCUT2D eigenvalue weighted by Gasteiger charge is 1.89. The first kappa shape index (κ1) is 10.9. The molecule has 0 aliphatic carbocycles. The molecule has 0 aliphatic rings. The third-order valence-electron chi connectivity index (χ3n) is 1.27. The molecular formula is C8H14N2O2. The van der Waals surface area contributed by atoms with Crippen LogP contribution in [-0.2, 0) is 6.42 Å². The smallest absolute Gasteiger partial charge is 0.248 e. The van der Waals surface area contributed by atoms with Gasteiger partial charge in [-0.05, 0) is 24.6 Å². The standard InChI is InChI=1S/C7H10N2O.CH4O/c8-3-1-6-2-4-9-7(10)5-6;1-2/h2,4-5H,1,3,8H2,(H,9,10);2H,1H3. The Labute approximate surface area is 71.0 Å². The second-order valence-electron chi connectivity index (χ2n) is 2.10. The van der Waals surface area contributed by atoms with Crippen LogP contribution >= 0.6 is 0 Å². The molecule has 4 N–H and O–H groups in total. The Morgan fingerprint density at radius 3 is 2.75 bits per heavy atom. The van der Waals surface area contributed by atoms with Gasteiger partial charge in [0.2, 0.25) is 5.56 Å². The van der Waals surface area contributed by atoms with Gasteiger partial charge in [-0.1, -0.05) is 0 Å². The van der Waals surface area contributed by atoms with E-state index < -0.39 is 0 Å². The molecule has 0 fully saturated rings. The third kappa shape index (κ3) is 3.90. The van der Waals surface area contributed by atoms with Crippen LogP contribution in [0.4, 0.5) is 0 Å². The Kier molecular flexibility index (Phi) is 5.95. The van der Waals surface area contributed by atoms with Crippen LogP contribution in [0.15, 0.2) is 23.1 Å². The molecule has 4 heteroatoms. The largest absolute Gasteiger partial charge is 0.400 e. The summed E-state index contributed by atoms with van der Waals surface area (Å²) in [6, 6.07) is 3.42. The molecule has 0 amide bonds. The molecule has 12 heavy (non-hydrogen) atoms. The highest BCUT2D eigenvalue weighted by Crippen LogP contribution is 1.91. The van der Waals surface area contributed by atoms with Crippen molar-refractivity contribution in [2.24, 2.45) is 5.73 Å². The second kappa shape index (κ2) is 6.57. The van der Waals surface area contributed by atoms with Gasteiger partial charge in [0.1, 0.15) is 0 Å². The van der Waals surface area contributed by atoms with E-state index in [-0.39, 0.29) is 5.56 Å². The summed E-state index contributed by atoms with van der Waals surface area (Å²) in [6.45, 7) is 0.587. The van der Waals surface area contributed by atoms with E-state index in [1.807, 2.05) is 6.07 Å². The van der Waals surface area contributed by atoms with Crippen LogP contribution < -0.4 is 11.3 Å². The summed E-state index contributed by atoms with van der Waals surface area (Å²) in [5.41, 5.74) is 6.23. The molecule has 0 spiro atoms. The zero-order chi connectivity index (χ0) is 9.40. The van der Waals surface area contributed by atoms with Crippen LogP contribution in [0.2, 0.25) is 0 Å². The van der Waals surface area contributed by atoms with E-state index in [4.69, 9.17) is 10.8 Å². The number of aromatic nitrogens is 1. The Morgan fingerprint density at radius 1 is 1.58 bits per heavy atom. The SMILES string of the molecule is CO.NCCc1cc[nH]c(=O)c1. The van der Waals surface area contributed by atoms with Crippen molar-refractivity contribution >= 4 is 0 Å². The molecule has 0 unspecified atom stereocenters. The number of aliphatic hydroxyl groups excluding tert-OH is 1. The molecule has 1 rings (SSSR count). The van der Waals surface area contributed by atoms with Crippen LogP contribution in [0.25, 0.3) is 0 Å². The van der Waals surface area contributed by atoms with Crippen LogP contribution in [0.1, 0.15) is 5.56 Å². The van der Waals surface area contributed by atoms with Gasteiger partial charge in [-0.25, -0.2) is 0 Å². The zero-order valence-electron chi connectivity index (χ0n) is 7.08. The second-order valence-corrected chi connectivity index (χ2v) is 2.10. The van der Waals surface area contributed by atoms with Crippen LogP contribution in [0.3, 0.4) is 0 Å². The van der Waals surface area contributed by atoms with Crippen molar-refractivity contribution < 1.29 is 5.11 Å². The van der Waals surface area contributed by atoms with Crippen LogP contribution in [0, 0.1) is 0 Å². The first-order valence-corrected chi connectivity index (χ1v) is 3.65. The quantitative estimate of drug-likeness (QED) is 0.559.